The number of nitrogens with one attached hydrogen (secondary N) is 2. The molecule has 4 aromatic carbocycles. The van der Waals surface area contributed by atoms with Crippen LogP contribution in [0, 0.1) is 0 Å². The lowest BCUT2D eigenvalue weighted by atomic mass is 10.1. The van der Waals surface area contributed by atoms with Crippen LogP contribution >= 0.6 is 34.8 Å². The van der Waals surface area contributed by atoms with Crippen molar-refractivity contribution in [2.24, 2.45) is 0 Å². The molecule has 0 aliphatic heterocycles. The minimum absolute atomic E-state index is 0.0135. The minimum Gasteiger partial charge on any atom is -0.476 e. The van der Waals surface area contributed by atoms with Gasteiger partial charge in [0.25, 0.3) is 5.24 Å². The van der Waals surface area contributed by atoms with Gasteiger partial charge in [0.05, 0.1) is 24.3 Å². The fourth-order valence-corrected chi connectivity index (χ4v) is 4.65. The van der Waals surface area contributed by atoms with Crippen LogP contribution in [0.2, 0.25) is 10.0 Å². The third kappa shape index (κ3) is 18.2. The van der Waals surface area contributed by atoms with Gasteiger partial charge in [-0.15, -0.1) is 0 Å². The molecule has 0 saturated carbocycles. The van der Waals surface area contributed by atoms with E-state index in [1.165, 1.54) is 86.6 Å². The van der Waals surface area contributed by atoms with Gasteiger partial charge in [0.1, 0.15) is 18.1 Å². The summed E-state index contributed by atoms with van der Waals surface area (Å²) < 4.78 is 92.6. The van der Waals surface area contributed by atoms with Crippen LogP contribution in [0.1, 0.15) is 48.3 Å². The molecule has 2 unspecified atom stereocenters. The summed E-state index contributed by atoms with van der Waals surface area (Å²) in [7, 11) is 0. The third-order valence-electron chi connectivity index (χ3n) is 6.80. The zero-order valence-electron chi connectivity index (χ0n) is 29.9. The molecule has 19 heteroatoms. The first kappa shape index (κ1) is 48.1. The second kappa shape index (κ2) is 23.3. The van der Waals surface area contributed by atoms with Crippen molar-refractivity contribution in [3.05, 3.63) is 129 Å². The number of hydrogen-bond donors (Lipinski definition) is 3. The lowest BCUT2D eigenvalue weighted by molar-refractivity contribution is -0.152. The molecule has 4 aromatic rings. The van der Waals surface area contributed by atoms with Gasteiger partial charge < -0.3 is 30.0 Å². The van der Waals surface area contributed by atoms with Gasteiger partial charge in [-0.25, -0.2) is 4.79 Å². The Morgan fingerprint density at radius 1 is 0.649 bits per heavy atom. The van der Waals surface area contributed by atoms with Crippen molar-refractivity contribution in [2.75, 3.05) is 26.3 Å². The number of benzene rings is 4. The average molecular weight is 868 g/mol. The van der Waals surface area contributed by atoms with Crippen LogP contribution in [-0.4, -0.2) is 54.4 Å². The van der Waals surface area contributed by atoms with Crippen LogP contribution in [0.15, 0.2) is 97.1 Å². The number of esters is 1. The summed E-state index contributed by atoms with van der Waals surface area (Å²) in [5.41, 5.74) is -1.03. The highest BCUT2D eigenvalue weighted by Gasteiger charge is 2.32. The van der Waals surface area contributed by atoms with Crippen molar-refractivity contribution < 1.29 is 64.8 Å². The largest absolute Gasteiger partial charge is 0.476 e. The summed E-state index contributed by atoms with van der Waals surface area (Å²) in [4.78, 5) is 44.8. The number of amides is 2. The van der Waals surface area contributed by atoms with Crippen LogP contribution in [0.4, 0.5) is 26.3 Å². The Labute approximate surface area is 338 Å². The molecule has 0 aliphatic rings. The Bertz CT molecular complexity index is 1910. The molecule has 0 saturated heterocycles. The Balaban J connectivity index is 0.000000344. The zero-order valence-corrected chi connectivity index (χ0v) is 32.2. The van der Waals surface area contributed by atoms with Gasteiger partial charge in [0.2, 0.25) is 17.9 Å². The number of ether oxygens (including phenoxy) is 3. The highest BCUT2D eigenvalue weighted by Crippen LogP contribution is 2.34. The van der Waals surface area contributed by atoms with Gasteiger partial charge in [0, 0.05) is 41.6 Å². The summed E-state index contributed by atoms with van der Waals surface area (Å²) in [6, 6.07) is 20.5. The first-order valence-corrected chi connectivity index (χ1v) is 17.5. The number of carbonyl (C=O) groups is 4. The van der Waals surface area contributed by atoms with Crippen LogP contribution in [0.5, 0.6) is 11.5 Å². The second-order valence-corrected chi connectivity index (χ2v) is 12.6. The fourth-order valence-electron chi connectivity index (χ4n) is 4.22. The molecule has 0 aliphatic carbocycles. The van der Waals surface area contributed by atoms with Crippen molar-refractivity contribution in [1.29, 1.82) is 0 Å². The van der Waals surface area contributed by atoms with Crippen molar-refractivity contribution in [3.8, 4) is 11.5 Å². The highest BCUT2D eigenvalue weighted by atomic mass is 35.5. The third-order valence-corrected chi connectivity index (χ3v) is 7.50. The van der Waals surface area contributed by atoms with E-state index in [0.29, 0.717) is 27.7 Å². The number of carbonyl (C=O) groups excluding carboxylic acids is 4. The number of halogens is 9. The Kier molecular flexibility index (Phi) is 19.6. The first-order chi connectivity index (χ1) is 26.7. The smallest absolute Gasteiger partial charge is 0.416 e. The number of aliphatic hydroxyl groups is 1. The van der Waals surface area contributed by atoms with Crippen LogP contribution in [0.3, 0.4) is 0 Å². The predicted molar refractivity (Wildman–Crippen MR) is 199 cm³/mol. The molecule has 0 radical (unpaired) electrons. The number of aliphatic hydroxyl groups excluding tert-OH is 1. The maximum Gasteiger partial charge on any atom is 0.416 e. The molecule has 0 fully saturated rings. The van der Waals surface area contributed by atoms with E-state index in [-0.39, 0.29) is 43.1 Å². The molecule has 308 valence electrons. The number of alkyl halides is 6. The SMILES string of the molecule is CC(=O)NCCO.CC(=O)NCCOC(=O)C(Oc1cccc(C(F)(F)F)c1)c1ccc(Cl)cc1.O=C(Cl)C(Oc1cccc(C(F)(F)F)c1)c1ccc(Cl)cc1. The maximum atomic E-state index is 12.9. The van der Waals surface area contributed by atoms with Crippen LogP contribution < -0.4 is 20.1 Å². The van der Waals surface area contributed by atoms with E-state index in [4.69, 9.17) is 54.1 Å². The summed E-state index contributed by atoms with van der Waals surface area (Å²) in [5.74, 6) is -1.46. The quantitative estimate of drug-likeness (QED) is 0.0526. The molecule has 0 aromatic heterocycles. The van der Waals surface area contributed by atoms with Gasteiger partial charge in [-0.1, -0.05) is 59.6 Å². The zero-order chi connectivity index (χ0) is 42.8. The van der Waals surface area contributed by atoms with Crippen molar-refractivity contribution in [3.63, 3.8) is 0 Å². The van der Waals surface area contributed by atoms with Crippen LogP contribution in [0.25, 0.3) is 0 Å². The molecule has 2 atom stereocenters. The molecule has 0 heterocycles. The molecular weight excluding hydrogens is 833 g/mol. The van der Waals surface area contributed by atoms with E-state index >= 15 is 0 Å². The molecule has 10 nitrogen and oxygen atoms in total. The Morgan fingerprint density at radius 2 is 1.05 bits per heavy atom. The minimum atomic E-state index is -4.55. The second-order valence-electron chi connectivity index (χ2n) is 11.3. The predicted octanol–water partition coefficient (Wildman–Crippen LogP) is 8.52. The molecule has 3 N–H and O–H groups in total. The summed E-state index contributed by atoms with van der Waals surface area (Å²) >= 11 is 17.1. The normalized spacial score (nSPS) is 11.9. The molecule has 4 rings (SSSR count). The van der Waals surface area contributed by atoms with E-state index in [2.05, 4.69) is 10.6 Å². The Hall–Kier alpha value is -5.03. The molecule has 57 heavy (non-hydrogen) atoms. The van der Waals surface area contributed by atoms with Gasteiger partial charge in [-0.05, 0) is 72.3 Å². The first-order valence-electron chi connectivity index (χ1n) is 16.4. The monoisotopic (exact) mass is 866 g/mol. The van der Waals surface area contributed by atoms with Crippen LogP contribution in [-0.2, 0) is 36.3 Å². The number of hydrogen-bond acceptors (Lipinski definition) is 8. The van der Waals surface area contributed by atoms with E-state index in [1.54, 1.807) is 0 Å². The van der Waals surface area contributed by atoms with Crippen molar-refractivity contribution in [2.45, 2.75) is 38.4 Å². The van der Waals surface area contributed by atoms with Crippen molar-refractivity contribution in [1.82, 2.24) is 10.6 Å². The van der Waals surface area contributed by atoms with E-state index < -0.39 is 46.9 Å². The lowest BCUT2D eigenvalue weighted by Crippen LogP contribution is -2.28. The van der Waals surface area contributed by atoms with Gasteiger partial charge in [-0.2, -0.15) is 26.3 Å². The summed E-state index contributed by atoms with van der Waals surface area (Å²) in [6.45, 7) is 3.08. The lowest BCUT2D eigenvalue weighted by Gasteiger charge is -2.19. The number of rotatable bonds is 13. The topological polar surface area (TPSA) is 140 Å². The van der Waals surface area contributed by atoms with E-state index in [1.807, 2.05) is 0 Å². The summed E-state index contributed by atoms with van der Waals surface area (Å²) in [6.07, 6.45) is -11.6. The average Bonchev–Trinajstić information content (AvgIpc) is 3.14. The molecule has 2 amide bonds. The van der Waals surface area contributed by atoms with Gasteiger partial charge in [0.15, 0.2) is 6.10 Å². The fraction of sp³-hybridized carbons (Fsp3) is 0.263. The van der Waals surface area contributed by atoms with Gasteiger partial charge in [-0.3, -0.25) is 14.4 Å². The maximum absolute atomic E-state index is 12.9. The Morgan fingerprint density at radius 3 is 1.42 bits per heavy atom. The summed E-state index contributed by atoms with van der Waals surface area (Å²) in [5, 5.41) is 13.0. The van der Waals surface area contributed by atoms with Gasteiger partial charge >= 0.3 is 18.3 Å². The highest BCUT2D eigenvalue weighted by molar-refractivity contribution is 6.64. The molecule has 0 bridgehead atoms. The van der Waals surface area contributed by atoms with Crippen molar-refractivity contribution >= 4 is 57.8 Å². The molecular formula is C38H35Cl3F6N2O8. The standard InChI is InChI=1S/C19H17ClF3NO4.C15H9Cl2F3O2.C4H9NO2/c1-12(25)24-9-10-27-18(26)17(13-5-7-15(20)8-6-13)28-16-4-2-3-14(11-16)19(21,22)23;16-11-6-4-9(5-7-11)13(14(17)21)22-12-3-1-2-10(8-12)15(18,19)20;1-4(7)5-2-3-6/h2-8,11,17H,9-10H2,1H3,(H,24,25);1-8,13H;6H,2-3H2,1H3,(H,5,7). The van der Waals surface area contributed by atoms with E-state index in [0.717, 1.165) is 24.3 Å². The van der Waals surface area contributed by atoms with E-state index in [9.17, 15) is 45.5 Å². The molecule has 0 spiro atoms.